The lowest BCUT2D eigenvalue weighted by Gasteiger charge is -2.13. The molecule has 0 aliphatic rings. The van der Waals surface area contributed by atoms with Gasteiger partial charge in [-0.05, 0) is 80.3 Å². The third-order valence-corrected chi connectivity index (χ3v) is 8.19. The summed E-state index contributed by atoms with van der Waals surface area (Å²) >= 11 is 8.82. The van der Waals surface area contributed by atoms with E-state index in [0.717, 1.165) is 40.0 Å². The van der Waals surface area contributed by atoms with E-state index in [1.54, 1.807) is 40.2 Å². The zero-order valence-corrected chi connectivity index (χ0v) is 21.5. The molecule has 2 aromatic carbocycles. The summed E-state index contributed by atoms with van der Waals surface area (Å²) in [4.78, 5) is 33.4. The molecule has 0 atom stereocenters. The van der Waals surface area contributed by atoms with Crippen LogP contribution in [0.3, 0.4) is 0 Å². The number of aromatic nitrogens is 2. The average molecular weight is 497 g/mol. The normalized spacial score (nSPS) is 11.3. The molecule has 0 spiro atoms. The number of thiophene rings is 1. The number of aryl methyl sites for hydroxylation is 4. The largest absolute Gasteiger partial charge is 0.293 e. The zero-order valence-electron chi connectivity index (χ0n) is 19.1. The number of carbonyl (C=O) groups excluding carboxylic acids is 1. The van der Waals surface area contributed by atoms with Gasteiger partial charge >= 0.3 is 0 Å². The number of benzene rings is 2. The fourth-order valence-electron chi connectivity index (χ4n) is 3.71. The standard InChI is InChI=1S/C26H25ClN2O2S2/c1-5-6-22-17(4)23-24(33-22)28-26(32-14-21(30)18-8-10-19(27)11-9-18)29(25(23)31)20-12-7-15(2)16(3)13-20/h7-13H,5-6,14H2,1-4H3. The molecule has 4 aromatic rings. The van der Waals surface area contributed by atoms with Gasteiger partial charge in [0.25, 0.3) is 5.56 Å². The van der Waals surface area contributed by atoms with Crippen LogP contribution < -0.4 is 5.56 Å². The van der Waals surface area contributed by atoms with Gasteiger partial charge in [0.05, 0.1) is 16.8 Å². The van der Waals surface area contributed by atoms with Gasteiger partial charge in [0.2, 0.25) is 0 Å². The maximum atomic E-state index is 13.8. The van der Waals surface area contributed by atoms with Crippen molar-refractivity contribution in [2.75, 3.05) is 5.75 Å². The van der Waals surface area contributed by atoms with E-state index in [2.05, 4.69) is 6.92 Å². The van der Waals surface area contributed by atoms with Crippen molar-refractivity contribution >= 4 is 50.7 Å². The van der Waals surface area contributed by atoms with Crippen LogP contribution in [0.5, 0.6) is 0 Å². The van der Waals surface area contributed by atoms with Crippen LogP contribution in [-0.4, -0.2) is 21.1 Å². The maximum Gasteiger partial charge on any atom is 0.267 e. The molecule has 0 N–H and O–H groups in total. The minimum absolute atomic E-state index is 0.0355. The smallest absolute Gasteiger partial charge is 0.267 e. The molecule has 0 unspecified atom stereocenters. The second-order valence-corrected chi connectivity index (χ2v) is 10.6. The zero-order chi connectivity index (χ0) is 23.7. The first kappa shape index (κ1) is 23.7. The van der Waals surface area contributed by atoms with E-state index in [1.165, 1.54) is 16.6 Å². The number of ketones is 1. The number of rotatable bonds is 7. The summed E-state index contributed by atoms with van der Waals surface area (Å²) in [5, 5.41) is 1.79. The van der Waals surface area contributed by atoms with Crippen molar-refractivity contribution in [1.29, 1.82) is 0 Å². The predicted molar refractivity (Wildman–Crippen MR) is 140 cm³/mol. The minimum atomic E-state index is -0.0826. The Balaban J connectivity index is 1.82. The average Bonchev–Trinajstić information content (AvgIpc) is 3.10. The summed E-state index contributed by atoms with van der Waals surface area (Å²) in [6.45, 7) is 8.22. The molecule has 2 aromatic heterocycles. The van der Waals surface area contributed by atoms with Crippen LogP contribution in [-0.2, 0) is 6.42 Å². The number of nitrogens with zero attached hydrogens (tertiary/aromatic N) is 2. The van der Waals surface area contributed by atoms with Crippen molar-refractivity contribution in [3.8, 4) is 5.69 Å². The molecule has 0 radical (unpaired) electrons. The monoisotopic (exact) mass is 496 g/mol. The van der Waals surface area contributed by atoms with Gasteiger partial charge < -0.3 is 0 Å². The van der Waals surface area contributed by atoms with Gasteiger partial charge in [-0.3, -0.25) is 14.2 Å². The fourth-order valence-corrected chi connectivity index (χ4v) is 6.07. The minimum Gasteiger partial charge on any atom is -0.293 e. The Hall–Kier alpha value is -2.41. The van der Waals surface area contributed by atoms with Gasteiger partial charge in [-0.2, -0.15) is 0 Å². The van der Waals surface area contributed by atoms with Gasteiger partial charge in [0, 0.05) is 15.5 Å². The van der Waals surface area contributed by atoms with E-state index >= 15 is 0 Å². The van der Waals surface area contributed by atoms with Crippen LogP contribution in [0.4, 0.5) is 0 Å². The molecule has 4 rings (SSSR count). The van der Waals surface area contributed by atoms with Gasteiger partial charge in [0.15, 0.2) is 10.9 Å². The van der Waals surface area contributed by atoms with Crippen LogP contribution in [0.2, 0.25) is 5.02 Å². The van der Waals surface area contributed by atoms with Crippen LogP contribution in [0.1, 0.15) is 45.3 Å². The van der Waals surface area contributed by atoms with Gasteiger partial charge in [-0.15, -0.1) is 11.3 Å². The Kier molecular flexibility index (Phi) is 7.07. The molecule has 0 aliphatic heterocycles. The Bertz CT molecular complexity index is 1400. The number of Topliss-reactive ketones (excluding diaryl/α,β-unsaturated/α-hetero) is 1. The summed E-state index contributed by atoms with van der Waals surface area (Å²) in [5.41, 5.74) is 4.54. The second-order valence-electron chi connectivity index (χ2n) is 8.10. The quantitative estimate of drug-likeness (QED) is 0.158. The SMILES string of the molecule is CCCc1sc2nc(SCC(=O)c3ccc(Cl)cc3)n(-c3ccc(C)c(C)c3)c(=O)c2c1C. The Morgan fingerprint density at radius 1 is 1.09 bits per heavy atom. The maximum absolute atomic E-state index is 13.8. The first-order chi connectivity index (χ1) is 15.8. The van der Waals surface area contributed by atoms with E-state index in [0.29, 0.717) is 21.1 Å². The third kappa shape index (κ3) is 4.79. The highest BCUT2D eigenvalue weighted by atomic mass is 35.5. The van der Waals surface area contributed by atoms with Crippen LogP contribution >= 0.6 is 34.7 Å². The number of hydrogen-bond donors (Lipinski definition) is 0. The molecule has 0 saturated heterocycles. The molecule has 0 aliphatic carbocycles. The van der Waals surface area contributed by atoms with E-state index in [9.17, 15) is 9.59 Å². The Morgan fingerprint density at radius 3 is 2.48 bits per heavy atom. The Morgan fingerprint density at radius 2 is 1.82 bits per heavy atom. The molecular formula is C26H25ClN2O2S2. The highest BCUT2D eigenvalue weighted by Gasteiger charge is 2.20. The molecule has 7 heteroatoms. The summed E-state index contributed by atoms with van der Waals surface area (Å²) in [6, 6.07) is 12.8. The molecule has 33 heavy (non-hydrogen) atoms. The molecule has 0 amide bonds. The molecule has 0 fully saturated rings. The van der Waals surface area contributed by atoms with E-state index in [4.69, 9.17) is 16.6 Å². The first-order valence-corrected chi connectivity index (χ1v) is 13.0. The van der Waals surface area contributed by atoms with Crippen LogP contribution in [0, 0.1) is 20.8 Å². The van der Waals surface area contributed by atoms with Crippen molar-refractivity contribution in [3.05, 3.63) is 85.0 Å². The number of hydrogen-bond acceptors (Lipinski definition) is 5. The summed E-state index contributed by atoms with van der Waals surface area (Å²) in [6.07, 6.45) is 1.93. The fraction of sp³-hybridized carbons (Fsp3) is 0.269. The van der Waals surface area contributed by atoms with Crippen molar-refractivity contribution in [2.45, 2.75) is 45.7 Å². The second kappa shape index (κ2) is 9.84. The van der Waals surface area contributed by atoms with E-state index in [-0.39, 0.29) is 17.1 Å². The molecule has 170 valence electrons. The number of carbonyl (C=O) groups is 1. The van der Waals surface area contributed by atoms with Crippen molar-refractivity contribution in [2.24, 2.45) is 0 Å². The predicted octanol–water partition coefficient (Wildman–Crippen LogP) is 6.95. The van der Waals surface area contributed by atoms with Crippen molar-refractivity contribution in [1.82, 2.24) is 9.55 Å². The molecule has 2 heterocycles. The van der Waals surface area contributed by atoms with Crippen LogP contribution in [0.25, 0.3) is 15.9 Å². The Labute approximate surface area is 206 Å². The summed E-state index contributed by atoms with van der Waals surface area (Å²) < 4.78 is 1.66. The number of halogens is 1. The van der Waals surface area contributed by atoms with Crippen molar-refractivity contribution in [3.63, 3.8) is 0 Å². The van der Waals surface area contributed by atoms with Gasteiger partial charge in [0.1, 0.15) is 4.83 Å². The highest BCUT2D eigenvalue weighted by Crippen LogP contribution is 2.31. The molecule has 0 saturated carbocycles. The van der Waals surface area contributed by atoms with E-state index in [1.807, 2.05) is 39.0 Å². The lowest BCUT2D eigenvalue weighted by atomic mass is 10.1. The van der Waals surface area contributed by atoms with E-state index < -0.39 is 0 Å². The summed E-state index contributed by atoms with van der Waals surface area (Å²) in [5.74, 6) is 0.142. The lowest BCUT2D eigenvalue weighted by molar-refractivity contribution is 0.102. The van der Waals surface area contributed by atoms with Crippen molar-refractivity contribution < 1.29 is 4.79 Å². The first-order valence-electron chi connectivity index (χ1n) is 10.8. The molecule has 0 bridgehead atoms. The van der Waals surface area contributed by atoms with Gasteiger partial charge in [-0.1, -0.05) is 42.8 Å². The highest BCUT2D eigenvalue weighted by molar-refractivity contribution is 7.99. The number of fused-ring (bicyclic) bond motifs is 1. The topological polar surface area (TPSA) is 52.0 Å². The lowest BCUT2D eigenvalue weighted by Crippen LogP contribution is -2.22. The van der Waals surface area contributed by atoms with Crippen LogP contribution in [0.15, 0.2) is 52.4 Å². The van der Waals surface area contributed by atoms with Gasteiger partial charge in [-0.25, -0.2) is 4.98 Å². The summed E-state index contributed by atoms with van der Waals surface area (Å²) in [7, 11) is 0. The molecule has 4 nitrogen and oxygen atoms in total. The molecular weight excluding hydrogens is 472 g/mol. The number of thioether (sulfide) groups is 1. The third-order valence-electron chi connectivity index (χ3n) is 5.76.